The molecule has 3 aromatic carbocycles. The lowest BCUT2D eigenvalue weighted by atomic mass is 9.89. The number of aliphatic hydroxyl groups is 4. The number of cyclic esters (lactones) is 1. The highest BCUT2D eigenvalue weighted by atomic mass is 16.7. The van der Waals surface area contributed by atoms with Crippen molar-refractivity contribution < 1.29 is 58.4 Å². The molecule has 1 saturated heterocycles. The molecule has 12 nitrogen and oxygen atoms in total. The van der Waals surface area contributed by atoms with Crippen LogP contribution in [0.1, 0.15) is 15.9 Å². The second kappa shape index (κ2) is 9.74. The molecule has 0 aliphatic carbocycles. The molecule has 12 heteroatoms. The van der Waals surface area contributed by atoms with Crippen molar-refractivity contribution in [2.75, 3.05) is 27.6 Å². The zero-order chi connectivity index (χ0) is 27.4. The van der Waals surface area contributed by atoms with Crippen LogP contribution in [0.15, 0.2) is 30.3 Å². The molecule has 3 heterocycles. The van der Waals surface area contributed by atoms with E-state index in [1.54, 1.807) is 30.3 Å². The van der Waals surface area contributed by atoms with E-state index in [2.05, 4.69) is 0 Å². The van der Waals surface area contributed by atoms with Crippen molar-refractivity contribution >= 4 is 16.7 Å². The highest BCUT2D eigenvalue weighted by molar-refractivity contribution is 6.14. The topological polar surface area (TPSA) is 163 Å². The summed E-state index contributed by atoms with van der Waals surface area (Å²) in [4.78, 5) is 13.1. The van der Waals surface area contributed by atoms with E-state index in [0.29, 0.717) is 50.5 Å². The van der Waals surface area contributed by atoms with Gasteiger partial charge in [0.2, 0.25) is 13.1 Å². The van der Waals surface area contributed by atoms with Crippen LogP contribution < -0.4 is 23.7 Å². The van der Waals surface area contributed by atoms with E-state index in [4.69, 9.17) is 33.2 Å². The Labute approximate surface area is 221 Å². The van der Waals surface area contributed by atoms with Crippen molar-refractivity contribution in [3.63, 3.8) is 0 Å². The fraction of sp³-hybridized carbons (Fsp3) is 0.370. The zero-order valence-corrected chi connectivity index (χ0v) is 20.9. The van der Waals surface area contributed by atoms with E-state index < -0.39 is 43.3 Å². The Morgan fingerprint density at radius 1 is 0.872 bits per heavy atom. The van der Waals surface area contributed by atoms with Gasteiger partial charge in [-0.15, -0.1) is 0 Å². The Morgan fingerprint density at radius 2 is 1.59 bits per heavy atom. The fourth-order valence-corrected chi connectivity index (χ4v) is 5.18. The van der Waals surface area contributed by atoms with Gasteiger partial charge in [0.25, 0.3) is 0 Å². The Balaban J connectivity index is 1.59. The number of carbonyl (C=O) groups excluding carboxylic acids is 1. The molecule has 0 aromatic heterocycles. The Morgan fingerprint density at radius 3 is 2.31 bits per heavy atom. The number of aliphatic hydroxyl groups excluding tert-OH is 4. The number of esters is 1. The number of benzene rings is 3. The molecule has 3 aromatic rings. The molecule has 0 unspecified atom stereocenters. The normalized spacial score (nSPS) is 25.4. The summed E-state index contributed by atoms with van der Waals surface area (Å²) >= 11 is 0. The van der Waals surface area contributed by atoms with E-state index in [0.717, 1.165) is 0 Å². The quantitative estimate of drug-likeness (QED) is 0.329. The fourth-order valence-electron chi connectivity index (χ4n) is 5.18. The highest BCUT2D eigenvalue weighted by Gasteiger charge is 2.45. The van der Waals surface area contributed by atoms with Crippen molar-refractivity contribution in [2.45, 2.75) is 37.3 Å². The van der Waals surface area contributed by atoms with Crippen LogP contribution in [0.3, 0.4) is 0 Å². The van der Waals surface area contributed by atoms with Gasteiger partial charge in [-0.05, 0) is 35.2 Å². The van der Waals surface area contributed by atoms with E-state index in [1.807, 2.05) is 0 Å². The number of carbonyl (C=O) groups is 1. The van der Waals surface area contributed by atoms with Crippen LogP contribution >= 0.6 is 0 Å². The maximum absolute atomic E-state index is 13.1. The first-order valence-electron chi connectivity index (χ1n) is 12.1. The molecule has 3 aliphatic rings. The number of methoxy groups -OCH3 is 2. The Hall–Kier alpha value is -3.81. The summed E-state index contributed by atoms with van der Waals surface area (Å²) in [5.74, 6) is 1.39. The Bertz CT molecular complexity index is 1450. The molecule has 3 aliphatic heterocycles. The van der Waals surface area contributed by atoms with E-state index in [1.165, 1.54) is 14.2 Å². The molecule has 1 fully saturated rings. The molecule has 4 N–H and O–H groups in total. The lowest BCUT2D eigenvalue weighted by Gasteiger charge is -2.39. The molecule has 39 heavy (non-hydrogen) atoms. The van der Waals surface area contributed by atoms with Crippen LogP contribution in [-0.2, 0) is 16.1 Å². The molecule has 0 amide bonds. The predicted octanol–water partition coefficient (Wildman–Crippen LogP) is 1.10. The summed E-state index contributed by atoms with van der Waals surface area (Å²) in [5, 5.41) is 41.8. The second-order valence-corrected chi connectivity index (χ2v) is 9.27. The van der Waals surface area contributed by atoms with Gasteiger partial charge in [-0.3, -0.25) is 0 Å². The smallest absolute Gasteiger partial charge is 0.339 e. The van der Waals surface area contributed by atoms with Crippen LogP contribution in [0, 0.1) is 0 Å². The van der Waals surface area contributed by atoms with Gasteiger partial charge < -0.3 is 53.6 Å². The van der Waals surface area contributed by atoms with Gasteiger partial charge in [0, 0.05) is 16.5 Å². The lowest BCUT2D eigenvalue weighted by molar-refractivity contribution is -0.277. The first kappa shape index (κ1) is 25.5. The standard InChI is InChI=1S/C27H26O12/c1-33-16-6-12-13(7-17(16)34-2)25(39-27-24(31)23(30)22(29)19(8-28)38-27)14-9-35-26(32)21(14)20(12)11-3-4-15-18(5-11)37-10-36-15/h3-7,19,22-24,27-31H,8-10H2,1-2H3/t19-,22-,23+,24-,27-/m1/s1. The first-order chi connectivity index (χ1) is 18.9. The number of rotatable bonds is 6. The molecular formula is C27H26O12. The van der Waals surface area contributed by atoms with Crippen molar-refractivity contribution in [1.29, 1.82) is 0 Å². The third-order valence-electron chi connectivity index (χ3n) is 7.16. The summed E-state index contributed by atoms with van der Waals surface area (Å²) < 4.78 is 39.2. The van der Waals surface area contributed by atoms with Crippen LogP contribution in [0.5, 0.6) is 28.7 Å². The molecule has 6 rings (SSSR count). The largest absolute Gasteiger partial charge is 0.493 e. The maximum atomic E-state index is 13.1. The average Bonchev–Trinajstić information content (AvgIpc) is 3.58. The van der Waals surface area contributed by atoms with Gasteiger partial charge in [-0.1, -0.05) is 6.07 Å². The SMILES string of the molecule is COc1cc2c(O[C@H]3O[C@H](CO)[C@@H](O)[C@H](O)[C@H]3O)c3c(c(-c4ccc5c(c4)OCO5)c2cc1OC)C(=O)OC3. The van der Waals surface area contributed by atoms with Gasteiger partial charge in [-0.2, -0.15) is 0 Å². The monoisotopic (exact) mass is 542 g/mol. The third-order valence-corrected chi connectivity index (χ3v) is 7.16. The van der Waals surface area contributed by atoms with Gasteiger partial charge >= 0.3 is 5.97 Å². The van der Waals surface area contributed by atoms with E-state index in [-0.39, 0.29) is 24.7 Å². The van der Waals surface area contributed by atoms with E-state index >= 15 is 0 Å². The summed E-state index contributed by atoms with van der Waals surface area (Å²) in [7, 11) is 2.96. The van der Waals surface area contributed by atoms with Crippen molar-refractivity contribution in [2.24, 2.45) is 0 Å². The summed E-state index contributed by atoms with van der Waals surface area (Å²) in [5.41, 5.74) is 1.78. The molecule has 5 atom stereocenters. The Kier molecular flexibility index (Phi) is 6.36. The summed E-state index contributed by atoms with van der Waals surface area (Å²) in [6.45, 7) is -0.682. The lowest BCUT2D eigenvalue weighted by Crippen LogP contribution is -2.60. The highest BCUT2D eigenvalue weighted by Crippen LogP contribution is 2.49. The molecular weight excluding hydrogens is 516 g/mol. The second-order valence-electron chi connectivity index (χ2n) is 9.27. The molecule has 0 bridgehead atoms. The minimum Gasteiger partial charge on any atom is -0.493 e. The summed E-state index contributed by atoms with van der Waals surface area (Å²) in [6, 6.07) is 8.66. The van der Waals surface area contributed by atoms with Crippen LogP contribution in [0.4, 0.5) is 0 Å². The van der Waals surface area contributed by atoms with Crippen molar-refractivity contribution in [1.82, 2.24) is 0 Å². The third kappa shape index (κ3) is 3.99. The van der Waals surface area contributed by atoms with E-state index in [9.17, 15) is 25.2 Å². The number of hydrogen-bond acceptors (Lipinski definition) is 12. The summed E-state index contributed by atoms with van der Waals surface area (Å²) in [6.07, 6.45) is -7.56. The van der Waals surface area contributed by atoms with Crippen LogP contribution in [0.25, 0.3) is 21.9 Å². The van der Waals surface area contributed by atoms with Crippen LogP contribution in [-0.4, -0.2) is 84.7 Å². The molecule has 0 radical (unpaired) electrons. The average molecular weight is 542 g/mol. The number of fused-ring (bicyclic) bond motifs is 3. The van der Waals surface area contributed by atoms with Crippen molar-refractivity contribution in [3.8, 4) is 39.9 Å². The number of hydrogen-bond donors (Lipinski definition) is 4. The predicted molar refractivity (Wildman–Crippen MR) is 132 cm³/mol. The zero-order valence-electron chi connectivity index (χ0n) is 20.9. The van der Waals surface area contributed by atoms with Gasteiger partial charge in [-0.25, -0.2) is 4.79 Å². The number of ether oxygens (including phenoxy) is 7. The molecule has 0 spiro atoms. The van der Waals surface area contributed by atoms with Gasteiger partial charge in [0.05, 0.1) is 26.4 Å². The van der Waals surface area contributed by atoms with Gasteiger partial charge in [0.1, 0.15) is 36.8 Å². The molecule has 206 valence electrons. The molecule has 0 saturated carbocycles. The minimum atomic E-state index is -1.67. The van der Waals surface area contributed by atoms with Crippen LogP contribution in [0.2, 0.25) is 0 Å². The van der Waals surface area contributed by atoms with Gasteiger partial charge in [0.15, 0.2) is 23.0 Å². The minimum absolute atomic E-state index is 0.0799. The maximum Gasteiger partial charge on any atom is 0.339 e. The first-order valence-corrected chi connectivity index (χ1v) is 12.1. The van der Waals surface area contributed by atoms with Crippen molar-refractivity contribution in [3.05, 3.63) is 41.5 Å².